The van der Waals surface area contributed by atoms with Crippen LogP contribution in [0.15, 0.2) is 61.2 Å². The average molecular weight is 250 g/mol. The van der Waals surface area contributed by atoms with Crippen molar-refractivity contribution in [2.45, 2.75) is 0 Å². The Balaban J connectivity index is 0.000000247. The van der Waals surface area contributed by atoms with Crippen LogP contribution in [0.5, 0.6) is 0 Å². The summed E-state index contributed by atoms with van der Waals surface area (Å²) < 4.78 is 4.00. The van der Waals surface area contributed by atoms with Crippen LogP contribution in [0.2, 0.25) is 0 Å². The van der Waals surface area contributed by atoms with Gasteiger partial charge in [0.15, 0.2) is 24.8 Å². The lowest BCUT2D eigenvalue weighted by Crippen LogP contribution is -2.25. The van der Waals surface area contributed by atoms with Crippen LogP contribution in [0.3, 0.4) is 0 Å². The molecule has 0 spiro atoms. The Morgan fingerprint density at radius 1 is 0.588 bits per heavy atom. The zero-order valence-electron chi connectivity index (χ0n) is 11.2. The van der Waals surface area contributed by atoms with Gasteiger partial charge in [0.1, 0.15) is 14.1 Å². The molecule has 92 valence electrons. The predicted octanol–water partition coefficient (Wildman–Crippen LogP) is 1.95. The maximum absolute atomic E-state index is 2.15. The van der Waals surface area contributed by atoms with Crippen LogP contribution in [0, 0.1) is 0 Å². The van der Waals surface area contributed by atoms with Gasteiger partial charge in [-0.3, -0.25) is 0 Å². The summed E-state index contributed by atoms with van der Waals surface area (Å²) in [7, 11) is 5.08. The Kier molecular flexibility index (Phi) is 10.4. The molecule has 0 saturated heterocycles. The van der Waals surface area contributed by atoms with Gasteiger partial charge in [-0.15, -0.1) is 8.58 Å². The van der Waals surface area contributed by atoms with Crippen LogP contribution in [0.4, 0.5) is 0 Å². The standard InChI is InChI=1S/2C6H8N.C2H7P/c2*1-7-5-3-2-4-6-7;1-3-2/h2*2-6H,1H3;3H,1-2H3/q2*+1;. The van der Waals surface area contributed by atoms with Crippen molar-refractivity contribution < 1.29 is 9.13 Å². The number of pyridine rings is 2. The normalized spacial score (nSPS) is 8.24. The van der Waals surface area contributed by atoms with Crippen LogP contribution < -0.4 is 9.13 Å². The molecule has 0 aliphatic rings. The Morgan fingerprint density at radius 2 is 0.824 bits per heavy atom. The summed E-state index contributed by atoms with van der Waals surface area (Å²) in [6.07, 6.45) is 8.00. The maximum Gasteiger partial charge on any atom is 0.168 e. The molecular weight excluding hydrogens is 227 g/mol. The van der Waals surface area contributed by atoms with Crippen LogP contribution in [-0.2, 0) is 14.1 Å². The highest BCUT2D eigenvalue weighted by molar-refractivity contribution is 7.35. The van der Waals surface area contributed by atoms with Gasteiger partial charge in [0.2, 0.25) is 0 Å². The average Bonchev–Trinajstić information content (AvgIpc) is 2.33. The van der Waals surface area contributed by atoms with E-state index in [2.05, 4.69) is 13.3 Å². The molecule has 2 rings (SSSR count). The fraction of sp³-hybridized carbons (Fsp3) is 0.286. The Labute approximate surface area is 107 Å². The molecule has 2 aromatic rings. The summed E-state index contributed by atoms with van der Waals surface area (Å²) in [5, 5.41) is 0. The fourth-order valence-electron chi connectivity index (χ4n) is 0.969. The quantitative estimate of drug-likeness (QED) is 0.499. The van der Waals surface area contributed by atoms with Gasteiger partial charge in [0, 0.05) is 24.3 Å². The highest BCUT2D eigenvalue weighted by Gasteiger charge is 1.79. The molecule has 0 unspecified atom stereocenters. The minimum atomic E-state index is 1.08. The van der Waals surface area contributed by atoms with E-state index in [4.69, 9.17) is 0 Å². The molecule has 0 amide bonds. The second-order valence-electron chi connectivity index (χ2n) is 3.58. The van der Waals surface area contributed by atoms with E-state index in [9.17, 15) is 0 Å². The van der Waals surface area contributed by atoms with E-state index < -0.39 is 0 Å². The van der Waals surface area contributed by atoms with Crippen molar-refractivity contribution in [1.82, 2.24) is 0 Å². The second-order valence-corrected chi connectivity index (χ2v) is 4.58. The third-order valence-corrected chi connectivity index (χ3v) is 1.73. The number of hydrogen-bond acceptors (Lipinski definition) is 0. The minimum absolute atomic E-state index is 1.08. The molecule has 0 fully saturated rings. The maximum atomic E-state index is 2.15. The SMILES string of the molecule is CPC.C[n+]1ccccc1.C[n+]1ccccc1. The van der Waals surface area contributed by atoms with Crippen LogP contribution >= 0.6 is 8.58 Å². The zero-order chi connectivity index (χ0) is 12.9. The lowest BCUT2D eigenvalue weighted by molar-refractivity contribution is -0.671. The van der Waals surface area contributed by atoms with E-state index in [1.807, 2.05) is 84.4 Å². The van der Waals surface area contributed by atoms with Crippen LogP contribution in [0.1, 0.15) is 0 Å². The first-order valence-corrected chi connectivity index (χ1v) is 7.59. The lowest BCUT2D eigenvalue weighted by Gasteiger charge is -1.77. The minimum Gasteiger partial charge on any atom is -0.208 e. The van der Waals surface area contributed by atoms with E-state index in [0.717, 1.165) is 8.58 Å². The molecule has 0 saturated carbocycles. The van der Waals surface area contributed by atoms with Gasteiger partial charge in [0.25, 0.3) is 0 Å². The van der Waals surface area contributed by atoms with Crippen molar-refractivity contribution in [3.8, 4) is 0 Å². The molecule has 0 aromatic carbocycles. The summed E-state index contributed by atoms with van der Waals surface area (Å²) in [4.78, 5) is 0. The smallest absolute Gasteiger partial charge is 0.168 e. The van der Waals surface area contributed by atoms with Crippen molar-refractivity contribution in [2.75, 3.05) is 13.3 Å². The van der Waals surface area contributed by atoms with Gasteiger partial charge >= 0.3 is 0 Å². The van der Waals surface area contributed by atoms with Gasteiger partial charge in [-0.2, -0.15) is 0 Å². The Bertz CT molecular complexity index is 325. The van der Waals surface area contributed by atoms with Crippen molar-refractivity contribution in [3.63, 3.8) is 0 Å². The third kappa shape index (κ3) is 11.0. The van der Waals surface area contributed by atoms with Crippen LogP contribution in [0.25, 0.3) is 0 Å². The summed E-state index contributed by atoms with van der Waals surface area (Å²) in [5.41, 5.74) is 0. The monoisotopic (exact) mass is 250 g/mol. The molecule has 2 aromatic heterocycles. The number of hydrogen-bond donors (Lipinski definition) is 0. The van der Waals surface area contributed by atoms with Gasteiger partial charge in [-0.05, 0) is 13.3 Å². The van der Waals surface area contributed by atoms with Gasteiger partial charge in [0.05, 0.1) is 0 Å². The predicted molar refractivity (Wildman–Crippen MR) is 75.4 cm³/mol. The largest absolute Gasteiger partial charge is 0.208 e. The molecule has 0 N–H and O–H groups in total. The van der Waals surface area contributed by atoms with Gasteiger partial charge in [-0.25, -0.2) is 9.13 Å². The molecule has 3 heteroatoms. The van der Waals surface area contributed by atoms with E-state index in [0.29, 0.717) is 0 Å². The number of rotatable bonds is 0. The fourth-order valence-corrected chi connectivity index (χ4v) is 0.969. The molecule has 2 nitrogen and oxygen atoms in total. The molecule has 0 aliphatic heterocycles. The first kappa shape index (κ1) is 15.7. The number of nitrogens with zero attached hydrogens (tertiary/aromatic N) is 2. The summed E-state index contributed by atoms with van der Waals surface area (Å²) in [6, 6.07) is 12.0. The second kappa shape index (κ2) is 11.2. The summed E-state index contributed by atoms with van der Waals surface area (Å²) in [6.45, 7) is 4.31. The molecule has 0 atom stereocenters. The third-order valence-electron chi connectivity index (χ3n) is 1.73. The van der Waals surface area contributed by atoms with Gasteiger partial charge < -0.3 is 0 Å². The van der Waals surface area contributed by atoms with Crippen molar-refractivity contribution in [3.05, 3.63) is 61.2 Å². The summed E-state index contributed by atoms with van der Waals surface area (Å²) >= 11 is 0. The van der Waals surface area contributed by atoms with E-state index in [1.165, 1.54) is 0 Å². The first-order valence-electron chi connectivity index (χ1n) is 5.59. The zero-order valence-corrected chi connectivity index (χ0v) is 12.2. The van der Waals surface area contributed by atoms with Gasteiger partial charge in [-0.1, -0.05) is 12.1 Å². The topological polar surface area (TPSA) is 7.76 Å². The number of aryl methyl sites for hydroxylation is 2. The molecule has 0 radical (unpaired) electrons. The van der Waals surface area contributed by atoms with E-state index in [1.54, 1.807) is 0 Å². The molecule has 17 heavy (non-hydrogen) atoms. The highest BCUT2D eigenvalue weighted by atomic mass is 31.1. The van der Waals surface area contributed by atoms with Crippen molar-refractivity contribution >= 4 is 8.58 Å². The van der Waals surface area contributed by atoms with Crippen LogP contribution in [-0.4, -0.2) is 13.3 Å². The summed E-state index contributed by atoms with van der Waals surface area (Å²) in [5.74, 6) is 0. The Hall–Kier alpha value is -1.27. The number of aromatic nitrogens is 2. The molecule has 0 bridgehead atoms. The molecule has 0 aliphatic carbocycles. The molecular formula is C14H23N2P+2. The molecule has 2 heterocycles. The highest BCUT2D eigenvalue weighted by Crippen LogP contribution is 1.84. The van der Waals surface area contributed by atoms with Crippen molar-refractivity contribution in [2.24, 2.45) is 14.1 Å². The Morgan fingerprint density at radius 3 is 0.941 bits per heavy atom. The first-order chi connectivity index (χ1) is 8.20. The lowest BCUT2D eigenvalue weighted by atomic mass is 10.5. The van der Waals surface area contributed by atoms with Crippen molar-refractivity contribution in [1.29, 1.82) is 0 Å². The van der Waals surface area contributed by atoms with E-state index >= 15 is 0 Å². The van der Waals surface area contributed by atoms with E-state index in [-0.39, 0.29) is 0 Å².